The average molecular weight is 471 g/mol. The summed E-state index contributed by atoms with van der Waals surface area (Å²) in [4.78, 5) is 33.9. The van der Waals surface area contributed by atoms with Crippen LogP contribution in [0.25, 0.3) is 16.6 Å². The van der Waals surface area contributed by atoms with Crippen molar-refractivity contribution in [2.24, 2.45) is 0 Å². The van der Waals surface area contributed by atoms with E-state index in [2.05, 4.69) is 5.32 Å². The Kier molecular flexibility index (Phi) is 7.15. The summed E-state index contributed by atoms with van der Waals surface area (Å²) in [7, 11) is 1.57. The molecule has 1 aromatic heterocycles. The van der Waals surface area contributed by atoms with Crippen LogP contribution in [0.4, 0.5) is 10.5 Å². The summed E-state index contributed by atoms with van der Waals surface area (Å²) in [6, 6.07) is 21.6. The highest BCUT2D eigenvalue weighted by atomic mass is 16.5. The van der Waals surface area contributed by atoms with Crippen molar-refractivity contribution in [2.45, 2.75) is 33.2 Å². The quantitative estimate of drug-likeness (QED) is 0.375. The van der Waals surface area contributed by atoms with Crippen LogP contribution in [-0.4, -0.2) is 34.1 Å². The fourth-order valence-corrected chi connectivity index (χ4v) is 4.37. The first-order chi connectivity index (χ1) is 17.0. The number of ether oxygens (including phenoxy) is 1. The zero-order valence-electron chi connectivity index (χ0n) is 20.5. The molecule has 1 heterocycles. The SMILES string of the molecule is CCC(c1nc2ccccc2c(=O)n1-c1ccccc1OC)N(CC)C(=O)Nc1ccccc1C. The number of aryl methyl sites for hydroxylation is 1. The third-order valence-electron chi connectivity index (χ3n) is 6.18. The van der Waals surface area contributed by atoms with Crippen LogP contribution in [0, 0.1) is 6.92 Å². The van der Waals surface area contributed by atoms with Crippen molar-refractivity contribution in [1.29, 1.82) is 0 Å². The van der Waals surface area contributed by atoms with Crippen LogP contribution in [0.15, 0.2) is 77.6 Å². The van der Waals surface area contributed by atoms with Gasteiger partial charge in [-0.15, -0.1) is 0 Å². The van der Waals surface area contributed by atoms with E-state index < -0.39 is 6.04 Å². The molecular weight excluding hydrogens is 440 g/mol. The molecule has 0 aliphatic rings. The second-order valence-electron chi connectivity index (χ2n) is 8.25. The number of amides is 2. The minimum atomic E-state index is -0.453. The molecule has 3 aromatic carbocycles. The first-order valence-electron chi connectivity index (χ1n) is 11.8. The van der Waals surface area contributed by atoms with Gasteiger partial charge in [-0.2, -0.15) is 0 Å². The molecule has 0 saturated heterocycles. The van der Waals surface area contributed by atoms with Crippen molar-refractivity contribution in [2.75, 3.05) is 19.0 Å². The summed E-state index contributed by atoms with van der Waals surface area (Å²) in [6.07, 6.45) is 0.564. The van der Waals surface area contributed by atoms with Crippen molar-refractivity contribution < 1.29 is 9.53 Å². The first kappa shape index (κ1) is 24.0. The van der Waals surface area contributed by atoms with E-state index in [1.807, 2.05) is 87.5 Å². The number of carbonyl (C=O) groups excluding carboxylic acids is 1. The number of hydrogen-bond donors (Lipinski definition) is 1. The lowest BCUT2D eigenvalue weighted by molar-refractivity contribution is 0.185. The predicted octanol–water partition coefficient (Wildman–Crippen LogP) is 5.71. The lowest BCUT2D eigenvalue weighted by atomic mass is 10.1. The first-order valence-corrected chi connectivity index (χ1v) is 11.8. The van der Waals surface area contributed by atoms with Crippen LogP contribution in [0.3, 0.4) is 0 Å². The maximum Gasteiger partial charge on any atom is 0.322 e. The highest BCUT2D eigenvalue weighted by Gasteiger charge is 2.29. The summed E-state index contributed by atoms with van der Waals surface area (Å²) in [5.74, 6) is 1.04. The highest BCUT2D eigenvalue weighted by Crippen LogP contribution is 2.30. The van der Waals surface area contributed by atoms with Gasteiger partial charge in [0.2, 0.25) is 0 Å². The number of fused-ring (bicyclic) bond motifs is 1. The number of anilines is 1. The molecule has 1 atom stereocenters. The van der Waals surface area contributed by atoms with Gasteiger partial charge < -0.3 is 15.0 Å². The summed E-state index contributed by atoms with van der Waals surface area (Å²) < 4.78 is 7.16. The Hall–Kier alpha value is -4.13. The molecular formula is C28H30N4O3. The molecule has 7 nitrogen and oxygen atoms in total. The molecule has 0 aliphatic carbocycles. The second kappa shape index (κ2) is 10.4. The van der Waals surface area contributed by atoms with Crippen LogP contribution in [-0.2, 0) is 0 Å². The van der Waals surface area contributed by atoms with Gasteiger partial charge in [-0.3, -0.25) is 9.36 Å². The van der Waals surface area contributed by atoms with Gasteiger partial charge in [0.1, 0.15) is 11.6 Å². The Labute approximate surface area is 205 Å². The fourth-order valence-electron chi connectivity index (χ4n) is 4.37. The molecule has 4 rings (SSSR count). The Morgan fingerprint density at radius 3 is 2.43 bits per heavy atom. The Bertz CT molecular complexity index is 1410. The Balaban J connectivity index is 1.89. The van der Waals surface area contributed by atoms with E-state index >= 15 is 0 Å². The largest absolute Gasteiger partial charge is 0.495 e. The van der Waals surface area contributed by atoms with E-state index in [9.17, 15) is 9.59 Å². The van der Waals surface area contributed by atoms with Gasteiger partial charge in [0.25, 0.3) is 5.56 Å². The number of carbonyl (C=O) groups is 1. The van der Waals surface area contributed by atoms with Gasteiger partial charge in [0.05, 0.1) is 29.7 Å². The molecule has 4 aromatic rings. The van der Waals surface area contributed by atoms with Gasteiger partial charge in [-0.05, 0) is 56.2 Å². The summed E-state index contributed by atoms with van der Waals surface area (Å²) in [6.45, 7) is 6.30. The number of para-hydroxylation sites is 4. The van der Waals surface area contributed by atoms with E-state index in [4.69, 9.17) is 9.72 Å². The van der Waals surface area contributed by atoms with E-state index in [1.54, 1.807) is 22.6 Å². The minimum absolute atomic E-state index is 0.205. The number of rotatable bonds is 7. The molecule has 0 spiro atoms. The van der Waals surface area contributed by atoms with Gasteiger partial charge in [0.15, 0.2) is 0 Å². The molecule has 0 saturated carbocycles. The maximum absolute atomic E-state index is 13.8. The summed E-state index contributed by atoms with van der Waals surface area (Å²) in [5, 5.41) is 3.53. The molecule has 2 amide bonds. The average Bonchev–Trinajstić information content (AvgIpc) is 2.88. The topological polar surface area (TPSA) is 76.5 Å². The molecule has 0 fully saturated rings. The number of nitrogens with one attached hydrogen (secondary N) is 1. The third kappa shape index (κ3) is 4.62. The zero-order chi connectivity index (χ0) is 24.9. The third-order valence-corrected chi connectivity index (χ3v) is 6.18. The highest BCUT2D eigenvalue weighted by molar-refractivity contribution is 5.90. The fraction of sp³-hybridized carbons (Fsp3) is 0.250. The molecule has 1 unspecified atom stereocenters. The van der Waals surface area contributed by atoms with Gasteiger partial charge in [-0.1, -0.05) is 49.4 Å². The van der Waals surface area contributed by atoms with Crippen LogP contribution >= 0.6 is 0 Å². The normalized spacial score (nSPS) is 11.8. The number of aromatic nitrogens is 2. The smallest absolute Gasteiger partial charge is 0.322 e. The van der Waals surface area contributed by atoms with E-state index in [0.29, 0.717) is 41.1 Å². The van der Waals surface area contributed by atoms with Crippen molar-refractivity contribution in [3.63, 3.8) is 0 Å². The van der Waals surface area contributed by atoms with E-state index in [0.717, 1.165) is 11.3 Å². The number of benzene rings is 3. The lowest BCUT2D eigenvalue weighted by Crippen LogP contribution is -2.40. The van der Waals surface area contributed by atoms with Crippen molar-refractivity contribution in [1.82, 2.24) is 14.5 Å². The molecule has 0 radical (unpaired) electrons. The van der Waals surface area contributed by atoms with Crippen LogP contribution in [0.1, 0.15) is 37.7 Å². The van der Waals surface area contributed by atoms with Gasteiger partial charge in [0, 0.05) is 12.2 Å². The van der Waals surface area contributed by atoms with Crippen LogP contribution in [0.5, 0.6) is 5.75 Å². The molecule has 7 heteroatoms. The van der Waals surface area contributed by atoms with Crippen LogP contribution in [0.2, 0.25) is 0 Å². The predicted molar refractivity (Wildman–Crippen MR) is 140 cm³/mol. The molecule has 180 valence electrons. The minimum Gasteiger partial charge on any atom is -0.495 e. The van der Waals surface area contributed by atoms with Crippen molar-refractivity contribution in [3.05, 3.63) is 94.5 Å². The van der Waals surface area contributed by atoms with Gasteiger partial charge in [-0.25, -0.2) is 9.78 Å². The lowest BCUT2D eigenvalue weighted by Gasteiger charge is -2.32. The van der Waals surface area contributed by atoms with Gasteiger partial charge >= 0.3 is 6.03 Å². The van der Waals surface area contributed by atoms with E-state index in [1.165, 1.54) is 0 Å². The number of hydrogen-bond acceptors (Lipinski definition) is 4. The monoisotopic (exact) mass is 470 g/mol. The Morgan fingerprint density at radius 2 is 1.71 bits per heavy atom. The summed E-state index contributed by atoms with van der Waals surface area (Å²) >= 11 is 0. The summed E-state index contributed by atoms with van der Waals surface area (Å²) in [5.41, 5.74) is 2.69. The van der Waals surface area contributed by atoms with Crippen molar-refractivity contribution in [3.8, 4) is 11.4 Å². The Morgan fingerprint density at radius 1 is 1.03 bits per heavy atom. The molecule has 0 bridgehead atoms. The van der Waals surface area contributed by atoms with Crippen molar-refractivity contribution >= 4 is 22.6 Å². The van der Waals surface area contributed by atoms with Crippen LogP contribution < -0.4 is 15.6 Å². The number of methoxy groups -OCH3 is 1. The maximum atomic E-state index is 13.8. The standard InChI is InChI=1S/C28H30N4O3/c1-5-23(31(6-2)28(34)30-21-15-9-7-13-19(21)3)26-29-22-16-10-8-14-20(22)27(33)32(26)24-17-11-12-18-25(24)35-4/h7-18,23H,5-6H2,1-4H3,(H,30,34). The number of nitrogens with zero attached hydrogens (tertiary/aromatic N) is 3. The number of urea groups is 1. The second-order valence-corrected chi connectivity index (χ2v) is 8.25. The molecule has 0 aliphatic heterocycles. The molecule has 1 N–H and O–H groups in total. The molecule has 35 heavy (non-hydrogen) atoms. The van der Waals surface area contributed by atoms with E-state index in [-0.39, 0.29) is 11.6 Å². The zero-order valence-corrected chi connectivity index (χ0v) is 20.5.